The fraction of sp³-hybridized carbons (Fsp3) is 0.231. The first kappa shape index (κ1) is 15.1. The van der Waals surface area contributed by atoms with E-state index >= 15 is 0 Å². The molecule has 0 unspecified atom stereocenters. The van der Waals surface area contributed by atoms with Crippen LogP contribution in [0.1, 0.15) is 23.0 Å². The highest BCUT2D eigenvalue weighted by atomic mass is 79.9. The highest BCUT2D eigenvalue weighted by molar-refractivity contribution is 9.11. The summed E-state index contributed by atoms with van der Waals surface area (Å²) in [4.78, 5) is 12.3. The zero-order valence-corrected chi connectivity index (χ0v) is 14.2. The molecule has 5 nitrogen and oxygen atoms in total. The largest absolute Gasteiger partial charge is 0.397 e. The van der Waals surface area contributed by atoms with Gasteiger partial charge < -0.3 is 11.1 Å². The van der Waals surface area contributed by atoms with E-state index < -0.39 is 0 Å². The molecule has 0 aliphatic heterocycles. The van der Waals surface area contributed by atoms with Gasteiger partial charge in [-0.3, -0.25) is 9.48 Å². The van der Waals surface area contributed by atoms with E-state index in [1.165, 1.54) is 0 Å². The van der Waals surface area contributed by atoms with Crippen LogP contribution in [-0.2, 0) is 13.5 Å². The summed E-state index contributed by atoms with van der Waals surface area (Å²) in [6, 6.07) is 3.57. The maximum Gasteiger partial charge on any atom is 0.259 e. The molecular weight excluding hydrogens is 388 g/mol. The SMILES string of the molecule is CCc1nn(C)cc1C(=O)Nc1c(N)cc(Br)cc1Br. The first-order valence-corrected chi connectivity index (χ1v) is 7.59. The molecule has 20 heavy (non-hydrogen) atoms. The average molecular weight is 402 g/mol. The van der Waals surface area contributed by atoms with E-state index in [-0.39, 0.29) is 5.91 Å². The number of nitrogens with two attached hydrogens (primary N) is 1. The van der Waals surface area contributed by atoms with Gasteiger partial charge in [0, 0.05) is 22.2 Å². The molecule has 1 heterocycles. The molecule has 3 N–H and O–H groups in total. The number of carbonyl (C=O) groups excluding carboxylic acids is 1. The Morgan fingerprint density at radius 2 is 2.15 bits per heavy atom. The molecule has 0 aliphatic carbocycles. The molecule has 0 fully saturated rings. The van der Waals surface area contributed by atoms with Crippen molar-refractivity contribution in [1.29, 1.82) is 0 Å². The second-order valence-electron chi connectivity index (χ2n) is 4.32. The third-order valence-corrected chi connectivity index (χ3v) is 3.89. The van der Waals surface area contributed by atoms with Crippen LogP contribution in [0.15, 0.2) is 27.3 Å². The second-order valence-corrected chi connectivity index (χ2v) is 6.09. The molecule has 1 aromatic heterocycles. The van der Waals surface area contributed by atoms with E-state index in [0.29, 0.717) is 23.4 Å². The van der Waals surface area contributed by atoms with Crippen molar-refractivity contribution in [3.8, 4) is 0 Å². The van der Waals surface area contributed by atoms with Crippen LogP contribution in [0.5, 0.6) is 0 Å². The Hall–Kier alpha value is -1.34. The first-order chi connectivity index (χ1) is 9.42. The predicted octanol–water partition coefficient (Wildman–Crippen LogP) is 3.34. The van der Waals surface area contributed by atoms with Gasteiger partial charge in [0.05, 0.1) is 22.6 Å². The molecule has 1 amide bonds. The molecule has 0 aliphatic rings. The summed E-state index contributed by atoms with van der Waals surface area (Å²) < 4.78 is 3.20. The number of aromatic nitrogens is 2. The molecule has 0 atom stereocenters. The number of benzene rings is 1. The molecule has 106 valence electrons. The van der Waals surface area contributed by atoms with Crippen LogP contribution in [0.2, 0.25) is 0 Å². The average Bonchev–Trinajstić information content (AvgIpc) is 2.75. The van der Waals surface area contributed by atoms with Gasteiger partial charge in [-0.2, -0.15) is 5.10 Å². The monoisotopic (exact) mass is 400 g/mol. The van der Waals surface area contributed by atoms with E-state index in [1.54, 1.807) is 24.0 Å². The van der Waals surface area contributed by atoms with Gasteiger partial charge in [0.1, 0.15) is 0 Å². The van der Waals surface area contributed by atoms with Gasteiger partial charge in [0.25, 0.3) is 5.91 Å². The van der Waals surface area contributed by atoms with Crippen molar-refractivity contribution in [2.75, 3.05) is 11.1 Å². The van der Waals surface area contributed by atoms with Crippen LogP contribution in [-0.4, -0.2) is 15.7 Å². The highest BCUT2D eigenvalue weighted by Crippen LogP contribution is 2.33. The van der Waals surface area contributed by atoms with Crippen molar-refractivity contribution in [1.82, 2.24) is 9.78 Å². The molecule has 0 saturated heterocycles. The minimum Gasteiger partial charge on any atom is -0.397 e. The van der Waals surface area contributed by atoms with Crippen molar-refractivity contribution in [3.05, 3.63) is 38.5 Å². The number of nitrogen functional groups attached to an aromatic ring is 1. The molecule has 7 heteroatoms. The Bertz CT molecular complexity index is 643. The lowest BCUT2D eigenvalue weighted by Crippen LogP contribution is -2.14. The smallest absolute Gasteiger partial charge is 0.259 e. The maximum absolute atomic E-state index is 12.3. The lowest BCUT2D eigenvalue weighted by atomic mass is 10.2. The topological polar surface area (TPSA) is 72.9 Å². The van der Waals surface area contributed by atoms with E-state index in [0.717, 1.165) is 14.6 Å². The quantitative estimate of drug-likeness (QED) is 0.774. The Balaban J connectivity index is 2.32. The number of amides is 1. The number of carbonyl (C=O) groups is 1. The third-order valence-electron chi connectivity index (χ3n) is 2.81. The Morgan fingerprint density at radius 3 is 2.75 bits per heavy atom. The number of hydrogen-bond donors (Lipinski definition) is 2. The number of hydrogen-bond acceptors (Lipinski definition) is 3. The summed E-state index contributed by atoms with van der Waals surface area (Å²) in [7, 11) is 1.79. The second kappa shape index (κ2) is 5.97. The summed E-state index contributed by atoms with van der Waals surface area (Å²) in [6.07, 6.45) is 2.40. The van der Waals surface area contributed by atoms with Gasteiger partial charge >= 0.3 is 0 Å². The van der Waals surface area contributed by atoms with Gasteiger partial charge in [-0.15, -0.1) is 0 Å². The van der Waals surface area contributed by atoms with Gasteiger partial charge in [-0.1, -0.05) is 22.9 Å². The number of aryl methyl sites for hydroxylation is 2. The van der Waals surface area contributed by atoms with Crippen LogP contribution in [0.4, 0.5) is 11.4 Å². The van der Waals surface area contributed by atoms with Crippen LogP contribution in [0.25, 0.3) is 0 Å². The molecule has 0 radical (unpaired) electrons. The molecule has 0 saturated carbocycles. The number of rotatable bonds is 3. The molecule has 0 bridgehead atoms. The van der Waals surface area contributed by atoms with Gasteiger partial charge in [0.15, 0.2) is 0 Å². The Labute approximate surface area is 133 Å². The normalized spacial score (nSPS) is 10.6. The molecule has 0 spiro atoms. The van der Waals surface area contributed by atoms with Gasteiger partial charge in [-0.05, 0) is 34.5 Å². The summed E-state index contributed by atoms with van der Waals surface area (Å²) in [5.74, 6) is -0.218. The lowest BCUT2D eigenvalue weighted by Gasteiger charge is -2.10. The zero-order valence-electron chi connectivity index (χ0n) is 11.1. The fourth-order valence-corrected chi connectivity index (χ4v) is 3.25. The van der Waals surface area contributed by atoms with E-state index in [1.807, 2.05) is 13.0 Å². The fourth-order valence-electron chi connectivity index (χ4n) is 1.89. The summed E-state index contributed by atoms with van der Waals surface area (Å²) >= 11 is 6.74. The maximum atomic E-state index is 12.3. The molecule has 1 aromatic carbocycles. The van der Waals surface area contributed by atoms with E-state index in [4.69, 9.17) is 5.73 Å². The van der Waals surface area contributed by atoms with Crippen LogP contribution in [0.3, 0.4) is 0 Å². The van der Waals surface area contributed by atoms with Crippen LogP contribution in [0, 0.1) is 0 Å². The third kappa shape index (κ3) is 3.04. The highest BCUT2D eigenvalue weighted by Gasteiger charge is 2.17. The van der Waals surface area contributed by atoms with E-state index in [2.05, 4.69) is 42.3 Å². The molecule has 2 aromatic rings. The number of nitrogens with zero attached hydrogens (tertiary/aromatic N) is 2. The zero-order chi connectivity index (χ0) is 14.9. The van der Waals surface area contributed by atoms with Crippen molar-refractivity contribution >= 4 is 49.1 Å². The number of anilines is 2. The summed E-state index contributed by atoms with van der Waals surface area (Å²) in [5, 5.41) is 7.08. The minimum atomic E-state index is -0.218. The summed E-state index contributed by atoms with van der Waals surface area (Å²) in [5.41, 5.74) is 8.30. The Kier molecular flexibility index (Phi) is 4.49. The van der Waals surface area contributed by atoms with Gasteiger partial charge in [-0.25, -0.2) is 0 Å². The van der Waals surface area contributed by atoms with Crippen LogP contribution >= 0.6 is 31.9 Å². The minimum absolute atomic E-state index is 0.218. The van der Waals surface area contributed by atoms with Gasteiger partial charge in [0.2, 0.25) is 0 Å². The van der Waals surface area contributed by atoms with Crippen molar-refractivity contribution in [3.63, 3.8) is 0 Å². The predicted molar refractivity (Wildman–Crippen MR) is 86.8 cm³/mol. The van der Waals surface area contributed by atoms with Crippen molar-refractivity contribution in [2.24, 2.45) is 7.05 Å². The molecular formula is C13H14Br2N4O. The van der Waals surface area contributed by atoms with Crippen LogP contribution < -0.4 is 11.1 Å². The lowest BCUT2D eigenvalue weighted by molar-refractivity contribution is 0.102. The van der Waals surface area contributed by atoms with Crippen molar-refractivity contribution < 1.29 is 4.79 Å². The first-order valence-electron chi connectivity index (χ1n) is 6.00. The van der Waals surface area contributed by atoms with Crippen molar-refractivity contribution in [2.45, 2.75) is 13.3 Å². The Morgan fingerprint density at radius 1 is 1.45 bits per heavy atom. The summed E-state index contributed by atoms with van der Waals surface area (Å²) in [6.45, 7) is 1.96. The molecule has 2 rings (SSSR count). The van der Waals surface area contributed by atoms with E-state index in [9.17, 15) is 4.79 Å². The number of nitrogens with one attached hydrogen (secondary N) is 1. The standard InChI is InChI=1S/C13H14Br2N4O/c1-3-11-8(6-19(2)18-11)13(20)17-12-9(15)4-7(14)5-10(12)16/h4-6H,3,16H2,1-2H3,(H,17,20). The number of halogens is 2.